The highest BCUT2D eigenvalue weighted by atomic mass is 35.5. The summed E-state index contributed by atoms with van der Waals surface area (Å²) in [6.07, 6.45) is 2.96. The summed E-state index contributed by atoms with van der Waals surface area (Å²) in [5.41, 5.74) is 1.44. The van der Waals surface area contributed by atoms with Crippen molar-refractivity contribution in [3.63, 3.8) is 0 Å². The van der Waals surface area contributed by atoms with Gasteiger partial charge in [0.15, 0.2) is 0 Å². The average molecular weight is 412 g/mol. The van der Waals surface area contributed by atoms with Crippen molar-refractivity contribution in [1.82, 2.24) is 4.90 Å². The summed E-state index contributed by atoms with van der Waals surface area (Å²) in [7, 11) is 0. The summed E-state index contributed by atoms with van der Waals surface area (Å²) in [6, 6.07) is 12.3. The molecule has 0 atom stereocenters. The van der Waals surface area contributed by atoms with Crippen LogP contribution in [0.25, 0.3) is 5.57 Å². The van der Waals surface area contributed by atoms with Crippen LogP contribution in [0.5, 0.6) is 0 Å². The first-order valence-electron chi connectivity index (χ1n) is 9.36. The van der Waals surface area contributed by atoms with E-state index in [1.54, 1.807) is 24.3 Å². The standard InChI is InChI=1S/C21H18ClN3O4/c22-15-5-4-6-17(13-15)24-20(26)18(14-7-9-16(10-8-14)25(28)29)19(21(24)27)23-11-2-1-3-12-23/h4-10,13H,1-3,11-12H2. The first kappa shape index (κ1) is 19.1. The van der Waals surface area contributed by atoms with Crippen molar-refractivity contribution < 1.29 is 14.5 Å². The minimum atomic E-state index is -0.496. The van der Waals surface area contributed by atoms with Crippen LogP contribution in [0.4, 0.5) is 11.4 Å². The molecule has 2 amide bonds. The van der Waals surface area contributed by atoms with Crippen LogP contribution in [0.15, 0.2) is 54.2 Å². The maximum absolute atomic E-state index is 13.3. The van der Waals surface area contributed by atoms with Crippen LogP contribution in [-0.4, -0.2) is 34.7 Å². The maximum atomic E-state index is 13.3. The molecule has 1 fully saturated rings. The van der Waals surface area contributed by atoms with Crippen LogP contribution in [-0.2, 0) is 9.59 Å². The number of carbonyl (C=O) groups excluding carboxylic acids is 2. The van der Waals surface area contributed by atoms with E-state index in [0.29, 0.717) is 35.1 Å². The minimum absolute atomic E-state index is 0.0719. The van der Waals surface area contributed by atoms with Crippen molar-refractivity contribution in [3.05, 3.63) is 74.9 Å². The van der Waals surface area contributed by atoms with E-state index >= 15 is 0 Å². The molecule has 2 aliphatic rings. The number of carbonyl (C=O) groups is 2. The minimum Gasteiger partial charge on any atom is -0.366 e. The SMILES string of the molecule is O=C1C(c2ccc([N+](=O)[O-])cc2)=C(N2CCCCC2)C(=O)N1c1cccc(Cl)c1. The lowest BCUT2D eigenvalue weighted by Gasteiger charge is -2.29. The monoisotopic (exact) mass is 411 g/mol. The van der Waals surface area contributed by atoms with Crippen molar-refractivity contribution in [2.45, 2.75) is 19.3 Å². The molecule has 0 unspecified atom stereocenters. The lowest BCUT2D eigenvalue weighted by Crippen LogP contribution is -2.37. The van der Waals surface area contributed by atoms with E-state index in [-0.39, 0.29) is 11.3 Å². The number of hydrogen-bond donors (Lipinski definition) is 0. The predicted molar refractivity (Wildman–Crippen MR) is 109 cm³/mol. The van der Waals surface area contributed by atoms with Gasteiger partial charge in [-0.2, -0.15) is 0 Å². The molecule has 29 heavy (non-hydrogen) atoms. The van der Waals surface area contributed by atoms with Crippen LogP contribution >= 0.6 is 11.6 Å². The zero-order valence-corrected chi connectivity index (χ0v) is 16.3. The molecule has 0 spiro atoms. The lowest BCUT2D eigenvalue weighted by molar-refractivity contribution is -0.384. The van der Waals surface area contributed by atoms with Crippen LogP contribution in [0.2, 0.25) is 5.02 Å². The third-order valence-corrected chi connectivity index (χ3v) is 5.40. The van der Waals surface area contributed by atoms with Gasteiger partial charge < -0.3 is 4.90 Å². The molecule has 0 aromatic heterocycles. The number of rotatable bonds is 4. The van der Waals surface area contributed by atoms with E-state index in [1.165, 1.54) is 24.3 Å². The first-order valence-corrected chi connectivity index (χ1v) is 9.73. The highest BCUT2D eigenvalue weighted by Crippen LogP contribution is 2.36. The van der Waals surface area contributed by atoms with Gasteiger partial charge in [-0.05, 0) is 55.2 Å². The number of nitro benzene ring substituents is 1. The topological polar surface area (TPSA) is 83.8 Å². The third kappa shape index (κ3) is 3.49. The fourth-order valence-electron chi connectivity index (χ4n) is 3.79. The van der Waals surface area contributed by atoms with E-state index in [9.17, 15) is 19.7 Å². The van der Waals surface area contributed by atoms with E-state index in [2.05, 4.69) is 0 Å². The Morgan fingerprint density at radius 3 is 2.24 bits per heavy atom. The lowest BCUT2D eigenvalue weighted by atomic mass is 10.0. The summed E-state index contributed by atoms with van der Waals surface area (Å²) >= 11 is 6.07. The molecule has 0 radical (unpaired) electrons. The third-order valence-electron chi connectivity index (χ3n) is 5.16. The Balaban J connectivity index is 1.82. The maximum Gasteiger partial charge on any atom is 0.282 e. The molecule has 1 saturated heterocycles. The fraction of sp³-hybridized carbons (Fsp3) is 0.238. The van der Waals surface area contributed by atoms with Crippen molar-refractivity contribution in [2.75, 3.05) is 18.0 Å². The Morgan fingerprint density at radius 1 is 0.931 bits per heavy atom. The molecule has 2 heterocycles. The highest BCUT2D eigenvalue weighted by Gasteiger charge is 2.42. The van der Waals surface area contributed by atoms with Crippen LogP contribution in [0.1, 0.15) is 24.8 Å². The molecular weight excluding hydrogens is 394 g/mol. The molecule has 0 N–H and O–H groups in total. The quantitative estimate of drug-likeness (QED) is 0.431. The number of likely N-dealkylation sites (tertiary alicyclic amines) is 1. The highest BCUT2D eigenvalue weighted by molar-refractivity contribution is 6.45. The normalized spacial score (nSPS) is 17.3. The number of anilines is 1. The first-order chi connectivity index (χ1) is 14.0. The van der Waals surface area contributed by atoms with Gasteiger partial charge in [0.1, 0.15) is 5.70 Å². The number of halogens is 1. The van der Waals surface area contributed by atoms with Gasteiger partial charge in [0.25, 0.3) is 17.5 Å². The van der Waals surface area contributed by atoms with E-state index in [1.807, 2.05) is 4.90 Å². The number of amides is 2. The van der Waals surface area contributed by atoms with Gasteiger partial charge in [-0.1, -0.05) is 17.7 Å². The van der Waals surface area contributed by atoms with Crippen molar-refractivity contribution >= 4 is 40.4 Å². The number of hydrogen-bond acceptors (Lipinski definition) is 5. The molecule has 0 saturated carbocycles. The van der Waals surface area contributed by atoms with Gasteiger partial charge in [0.2, 0.25) is 0 Å². The van der Waals surface area contributed by atoms with Crippen molar-refractivity contribution in [3.8, 4) is 0 Å². The molecule has 148 valence electrons. The van der Waals surface area contributed by atoms with Crippen molar-refractivity contribution in [2.24, 2.45) is 0 Å². The predicted octanol–water partition coefficient (Wildman–Crippen LogP) is 4.02. The Morgan fingerprint density at radius 2 is 1.62 bits per heavy atom. The Kier molecular flexibility index (Phi) is 5.07. The van der Waals surface area contributed by atoms with Gasteiger partial charge in [-0.15, -0.1) is 0 Å². The zero-order valence-electron chi connectivity index (χ0n) is 15.5. The number of imide groups is 1. The van der Waals surface area contributed by atoms with Gasteiger partial charge in [0, 0.05) is 30.2 Å². The Labute approximate surface area is 172 Å². The zero-order chi connectivity index (χ0) is 20.5. The average Bonchev–Trinajstić information content (AvgIpc) is 2.99. The van der Waals surface area contributed by atoms with Crippen molar-refractivity contribution in [1.29, 1.82) is 0 Å². The van der Waals surface area contributed by atoms with Gasteiger partial charge in [0.05, 0.1) is 16.2 Å². The molecule has 2 aliphatic heterocycles. The summed E-state index contributed by atoms with van der Waals surface area (Å²) in [5, 5.41) is 11.4. The number of piperidine rings is 1. The molecule has 8 heteroatoms. The number of benzene rings is 2. The Bertz CT molecular complexity index is 1030. The largest absolute Gasteiger partial charge is 0.366 e. The molecule has 0 bridgehead atoms. The van der Waals surface area contributed by atoms with E-state index in [0.717, 1.165) is 24.2 Å². The number of nitro groups is 1. The number of non-ortho nitro benzene ring substituents is 1. The number of nitrogens with zero attached hydrogens (tertiary/aromatic N) is 3. The van der Waals surface area contributed by atoms with Crippen LogP contribution in [0.3, 0.4) is 0 Å². The summed E-state index contributed by atoms with van der Waals surface area (Å²) < 4.78 is 0. The van der Waals surface area contributed by atoms with Gasteiger partial charge >= 0.3 is 0 Å². The second-order valence-electron chi connectivity index (χ2n) is 7.00. The fourth-order valence-corrected chi connectivity index (χ4v) is 3.97. The molecule has 7 nitrogen and oxygen atoms in total. The summed E-state index contributed by atoms with van der Waals surface area (Å²) in [5.74, 6) is -0.848. The second-order valence-corrected chi connectivity index (χ2v) is 7.44. The summed E-state index contributed by atoms with van der Waals surface area (Å²) in [6.45, 7) is 1.38. The molecule has 0 aliphatic carbocycles. The summed E-state index contributed by atoms with van der Waals surface area (Å²) in [4.78, 5) is 40.2. The molecule has 2 aromatic rings. The molecule has 4 rings (SSSR count). The van der Waals surface area contributed by atoms with Crippen LogP contribution in [0, 0.1) is 10.1 Å². The molecule has 2 aromatic carbocycles. The smallest absolute Gasteiger partial charge is 0.282 e. The van der Waals surface area contributed by atoms with E-state index in [4.69, 9.17) is 11.6 Å². The van der Waals surface area contributed by atoms with Gasteiger partial charge in [-0.3, -0.25) is 19.7 Å². The second kappa shape index (κ2) is 7.67. The van der Waals surface area contributed by atoms with Crippen LogP contribution < -0.4 is 4.90 Å². The Hall–Kier alpha value is -3.19. The van der Waals surface area contributed by atoms with Gasteiger partial charge in [-0.25, -0.2) is 4.90 Å². The van der Waals surface area contributed by atoms with E-state index < -0.39 is 16.7 Å². The molecular formula is C21H18ClN3O4.